The van der Waals surface area contributed by atoms with Crippen molar-refractivity contribution in [3.63, 3.8) is 0 Å². The summed E-state index contributed by atoms with van der Waals surface area (Å²) in [6, 6.07) is 16.9. The van der Waals surface area contributed by atoms with Crippen LogP contribution in [0.15, 0.2) is 87.9 Å². The van der Waals surface area contributed by atoms with Gasteiger partial charge in [0.05, 0.1) is 17.7 Å². The lowest BCUT2D eigenvalue weighted by Gasteiger charge is -2.02. The minimum atomic E-state index is -3.80. The third-order valence-electron chi connectivity index (χ3n) is 4.24. The fraction of sp³-hybridized carbons (Fsp3) is 0.0455. The normalized spacial score (nSPS) is 11.8. The van der Waals surface area contributed by atoms with Crippen LogP contribution in [0, 0.1) is 0 Å². The maximum Gasteiger partial charge on any atom is 0.238 e. The van der Waals surface area contributed by atoms with Crippen molar-refractivity contribution in [3.05, 3.63) is 83.9 Å². The average molecular weight is 437 g/mol. The highest BCUT2D eigenvalue weighted by molar-refractivity contribution is 7.89. The van der Waals surface area contributed by atoms with Crippen molar-refractivity contribution >= 4 is 33.3 Å². The molecule has 0 bridgehead atoms. The summed E-state index contributed by atoms with van der Waals surface area (Å²) in [4.78, 5) is 12.4. The maximum atomic E-state index is 12.5. The summed E-state index contributed by atoms with van der Waals surface area (Å²) in [6.45, 7) is 0. The molecule has 0 aliphatic rings. The third kappa shape index (κ3) is 5.84. The zero-order valence-electron chi connectivity index (χ0n) is 16.5. The third-order valence-corrected chi connectivity index (χ3v) is 5.17. The van der Waals surface area contributed by atoms with Gasteiger partial charge in [-0.3, -0.25) is 4.79 Å². The number of ketones is 1. The van der Waals surface area contributed by atoms with E-state index in [0.29, 0.717) is 11.3 Å². The molecule has 3 aromatic rings. The van der Waals surface area contributed by atoms with E-state index in [1.54, 1.807) is 25.3 Å². The molecule has 8 nitrogen and oxygen atoms in total. The number of allylic oxidation sites excluding steroid dienone is 1. The first-order valence-corrected chi connectivity index (χ1v) is 10.5. The van der Waals surface area contributed by atoms with Crippen LogP contribution in [0.2, 0.25) is 0 Å². The number of carbonyl (C=O) groups excluding carboxylic acids is 1. The van der Waals surface area contributed by atoms with Crippen molar-refractivity contribution in [3.8, 4) is 11.5 Å². The number of benzene rings is 3. The van der Waals surface area contributed by atoms with E-state index in [1.165, 1.54) is 48.5 Å². The highest BCUT2D eigenvalue weighted by Gasteiger charge is 2.08. The zero-order valence-corrected chi connectivity index (χ0v) is 17.3. The summed E-state index contributed by atoms with van der Waals surface area (Å²) in [7, 11) is -2.22. The molecule has 0 radical (unpaired) electrons. The van der Waals surface area contributed by atoms with Gasteiger partial charge in [0, 0.05) is 5.56 Å². The molecule has 0 saturated heterocycles. The largest absolute Gasteiger partial charge is 0.506 e. The molecule has 3 N–H and O–H groups in total. The Labute approximate surface area is 179 Å². The summed E-state index contributed by atoms with van der Waals surface area (Å²) in [6.07, 6.45) is 3.09. The molecular weight excluding hydrogens is 418 g/mol. The van der Waals surface area contributed by atoms with Crippen LogP contribution in [0.4, 0.5) is 11.4 Å². The van der Waals surface area contributed by atoms with Gasteiger partial charge in [-0.25, -0.2) is 13.6 Å². The maximum absolute atomic E-state index is 12.5. The Morgan fingerprint density at radius 1 is 1.00 bits per heavy atom. The first-order valence-electron chi connectivity index (χ1n) is 9.00. The van der Waals surface area contributed by atoms with E-state index in [2.05, 4.69) is 10.2 Å². The van der Waals surface area contributed by atoms with Crippen LogP contribution < -0.4 is 9.88 Å². The number of phenols is 1. The summed E-state index contributed by atoms with van der Waals surface area (Å²) < 4.78 is 27.7. The molecule has 0 amide bonds. The molecule has 0 saturated carbocycles. The highest BCUT2D eigenvalue weighted by atomic mass is 32.2. The molecule has 0 atom stereocenters. The van der Waals surface area contributed by atoms with Gasteiger partial charge in [0.1, 0.15) is 17.2 Å². The van der Waals surface area contributed by atoms with E-state index in [0.717, 1.165) is 11.3 Å². The van der Waals surface area contributed by atoms with Gasteiger partial charge in [0.25, 0.3) is 0 Å². The number of phenolic OH excluding ortho intramolecular Hbond substituents is 1. The molecule has 0 heterocycles. The Kier molecular flexibility index (Phi) is 6.58. The predicted molar refractivity (Wildman–Crippen MR) is 116 cm³/mol. The first kappa shape index (κ1) is 21.9. The number of sulfonamides is 1. The number of methoxy groups -OCH3 is 1. The van der Waals surface area contributed by atoms with Gasteiger partial charge < -0.3 is 9.84 Å². The Morgan fingerprint density at radius 2 is 1.68 bits per heavy atom. The minimum Gasteiger partial charge on any atom is -0.506 e. The molecule has 9 heteroatoms. The van der Waals surface area contributed by atoms with E-state index in [4.69, 9.17) is 9.88 Å². The molecule has 0 aromatic heterocycles. The van der Waals surface area contributed by atoms with Crippen molar-refractivity contribution in [1.82, 2.24) is 0 Å². The van der Waals surface area contributed by atoms with Gasteiger partial charge in [-0.05, 0) is 66.2 Å². The molecule has 31 heavy (non-hydrogen) atoms. The summed E-state index contributed by atoms with van der Waals surface area (Å²) in [5.74, 6) is 0.293. The molecule has 3 rings (SSSR count). The number of nitrogens with zero attached hydrogens (tertiary/aromatic N) is 2. The van der Waals surface area contributed by atoms with E-state index >= 15 is 0 Å². The average Bonchev–Trinajstić information content (AvgIpc) is 2.77. The predicted octanol–water partition coefficient (Wildman–Crippen LogP) is 4.36. The highest BCUT2D eigenvalue weighted by Crippen LogP contribution is 2.29. The fourth-order valence-electron chi connectivity index (χ4n) is 2.55. The molecule has 0 aliphatic heterocycles. The standard InChI is InChI=1S/C22H19N3O5S/c1-30-18-8-2-15(3-9-18)4-12-21(26)16-5-13-22(27)20(14-16)25-24-17-6-10-19(11-7-17)31(23,28)29/h2-14,27H,1H3,(H2,23,28,29)/b12-4+,25-24?. The van der Waals surface area contributed by atoms with Gasteiger partial charge in [0.2, 0.25) is 10.0 Å². The Balaban J connectivity index is 1.76. The lowest BCUT2D eigenvalue weighted by atomic mass is 10.1. The smallest absolute Gasteiger partial charge is 0.238 e. The fourth-order valence-corrected chi connectivity index (χ4v) is 3.07. The van der Waals surface area contributed by atoms with Crippen LogP contribution in [-0.4, -0.2) is 26.4 Å². The molecule has 3 aromatic carbocycles. The molecule has 0 unspecified atom stereocenters. The second-order valence-corrected chi connectivity index (χ2v) is 7.97. The van der Waals surface area contributed by atoms with E-state index in [9.17, 15) is 18.3 Å². The summed E-state index contributed by atoms with van der Waals surface area (Å²) in [5.41, 5.74) is 1.60. The number of primary sulfonamides is 1. The number of hydrogen-bond acceptors (Lipinski definition) is 7. The summed E-state index contributed by atoms with van der Waals surface area (Å²) >= 11 is 0. The molecule has 158 valence electrons. The van der Waals surface area contributed by atoms with Crippen LogP contribution in [0.5, 0.6) is 11.5 Å². The lowest BCUT2D eigenvalue weighted by Crippen LogP contribution is -2.11. The molecular formula is C22H19N3O5S. The monoisotopic (exact) mass is 437 g/mol. The van der Waals surface area contributed by atoms with E-state index in [-0.39, 0.29) is 22.1 Å². The number of nitrogens with two attached hydrogens (primary N) is 1. The number of rotatable bonds is 7. The minimum absolute atomic E-state index is 0.0504. The number of ether oxygens (including phenoxy) is 1. The van der Waals surface area contributed by atoms with Crippen molar-refractivity contribution in [2.45, 2.75) is 4.90 Å². The second-order valence-electron chi connectivity index (χ2n) is 6.41. The Morgan fingerprint density at radius 3 is 2.29 bits per heavy atom. The zero-order chi connectivity index (χ0) is 22.4. The van der Waals surface area contributed by atoms with Gasteiger partial charge >= 0.3 is 0 Å². The number of azo groups is 1. The van der Waals surface area contributed by atoms with Crippen molar-refractivity contribution in [2.24, 2.45) is 15.4 Å². The Bertz CT molecular complexity index is 1250. The number of carbonyl (C=O) groups is 1. The van der Waals surface area contributed by atoms with Crippen LogP contribution in [0.1, 0.15) is 15.9 Å². The van der Waals surface area contributed by atoms with Gasteiger partial charge in [0.15, 0.2) is 5.78 Å². The van der Waals surface area contributed by atoms with Crippen LogP contribution in [-0.2, 0) is 10.0 Å². The molecule has 0 fully saturated rings. The number of hydrogen-bond donors (Lipinski definition) is 2. The van der Waals surface area contributed by atoms with Gasteiger partial charge in [-0.2, -0.15) is 5.11 Å². The van der Waals surface area contributed by atoms with E-state index in [1.807, 2.05) is 12.1 Å². The van der Waals surface area contributed by atoms with Crippen molar-refractivity contribution < 1.29 is 23.1 Å². The van der Waals surface area contributed by atoms with Gasteiger partial charge in [-0.15, -0.1) is 5.11 Å². The van der Waals surface area contributed by atoms with Gasteiger partial charge in [-0.1, -0.05) is 18.2 Å². The van der Waals surface area contributed by atoms with Crippen LogP contribution in [0.3, 0.4) is 0 Å². The number of aromatic hydroxyl groups is 1. The second kappa shape index (κ2) is 9.33. The van der Waals surface area contributed by atoms with Crippen LogP contribution in [0.25, 0.3) is 6.08 Å². The molecule has 0 spiro atoms. The SMILES string of the molecule is COc1ccc(/C=C/C(=O)c2ccc(O)c(N=Nc3ccc(S(N)(=O)=O)cc3)c2)cc1. The summed E-state index contributed by atoms with van der Waals surface area (Å²) in [5, 5.41) is 23.0. The topological polar surface area (TPSA) is 131 Å². The van der Waals surface area contributed by atoms with Crippen molar-refractivity contribution in [2.75, 3.05) is 7.11 Å². The quantitative estimate of drug-likeness (QED) is 0.322. The van der Waals surface area contributed by atoms with Crippen molar-refractivity contribution in [1.29, 1.82) is 0 Å². The Hall–Kier alpha value is -3.82. The first-order chi connectivity index (χ1) is 14.8. The molecule has 0 aliphatic carbocycles. The van der Waals surface area contributed by atoms with E-state index < -0.39 is 10.0 Å². The van der Waals surface area contributed by atoms with Crippen LogP contribution >= 0.6 is 0 Å². The lowest BCUT2D eigenvalue weighted by molar-refractivity contribution is 0.104.